The third kappa shape index (κ3) is 9.46. The first-order valence-electron chi connectivity index (χ1n) is 16.2. The summed E-state index contributed by atoms with van der Waals surface area (Å²) in [6.45, 7) is 2.20. The maximum Gasteiger partial charge on any atom is 0.222 e. The molecule has 0 radical (unpaired) electrons. The van der Waals surface area contributed by atoms with Crippen molar-refractivity contribution in [2.24, 2.45) is 11.8 Å². The fourth-order valence-electron chi connectivity index (χ4n) is 6.29. The van der Waals surface area contributed by atoms with Crippen molar-refractivity contribution in [3.63, 3.8) is 0 Å². The Morgan fingerprint density at radius 2 is 1.40 bits per heavy atom. The molecular formula is C39H51N3O3. The van der Waals surface area contributed by atoms with Gasteiger partial charge in [0.15, 0.2) is 5.78 Å². The van der Waals surface area contributed by atoms with E-state index in [1.165, 1.54) is 28.0 Å². The second-order valence-electron chi connectivity index (χ2n) is 13.3. The number of carbonyl (C=O) groups is 2. The SMILES string of the molecule is CN(C)C(=O)CC1Cc2ccccc2C1=O.CN(C)CCC1=Cc2ccccc2C1.CN(C)CCC1Cc2ccccc2C1O. The zero-order chi connectivity index (χ0) is 32.5. The van der Waals surface area contributed by atoms with Gasteiger partial charge in [0.25, 0.3) is 0 Å². The average molecular weight is 610 g/mol. The monoisotopic (exact) mass is 609 g/mol. The number of Topliss-reactive ketones (excluding diaryl/α,β-unsaturated/α-hetero) is 1. The minimum atomic E-state index is -0.249. The summed E-state index contributed by atoms with van der Waals surface area (Å²) in [7, 11) is 11.8. The van der Waals surface area contributed by atoms with Gasteiger partial charge in [-0.05, 0) is 101 Å². The van der Waals surface area contributed by atoms with E-state index in [4.69, 9.17) is 0 Å². The van der Waals surface area contributed by atoms with Crippen LogP contribution in [-0.2, 0) is 24.1 Å². The molecule has 1 amide bonds. The third-order valence-electron chi connectivity index (χ3n) is 9.00. The van der Waals surface area contributed by atoms with Crippen molar-refractivity contribution in [1.29, 1.82) is 0 Å². The molecule has 6 heteroatoms. The van der Waals surface area contributed by atoms with E-state index >= 15 is 0 Å². The lowest BCUT2D eigenvalue weighted by atomic mass is 9.99. The van der Waals surface area contributed by atoms with Crippen molar-refractivity contribution >= 4 is 17.8 Å². The Morgan fingerprint density at radius 1 is 0.778 bits per heavy atom. The number of hydrogen-bond donors (Lipinski definition) is 1. The van der Waals surface area contributed by atoms with Gasteiger partial charge in [-0.15, -0.1) is 0 Å². The lowest BCUT2D eigenvalue weighted by molar-refractivity contribution is -0.129. The standard InChI is InChI=1S/C13H15NO2.C13H19NO.C13H17N/c1-14(2)12(15)8-10-7-9-5-3-4-6-11(9)13(10)16;1-14(2)8-7-11-9-10-5-3-4-6-12(10)13(11)15;1-14(2)8-7-11-9-12-5-3-4-6-13(12)10-11/h3-6,10H,7-8H2,1-2H3;3-6,11,13,15H,7-9H2,1-2H3;3-6,9H,7-8,10H2,1-2H3. The third-order valence-corrected chi connectivity index (χ3v) is 9.00. The van der Waals surface area contributed by atoms with Crippen LogP contribution in [0.15, 0.2) is 78.4 Å². The molecular weight excluding hydrogens is 558 g/mol. The molecule has 3 atom stereocenters. The van der Waals surface area contributed by atoms with Crippen molar-refractivity contribution < 1.29 is 14.7 Å². The van der Waals surface area contributed by atoms with E-state index in [1.807, 2.05) is 30.3 Å². The van der Waals surface area contributed by atoms with E-state index in [9.17, 15) is 14.7 Å². The van der Waals surface area contributed by atoms with Crippen LogP contribution in [0, 0.1) is 11.8 Å². The predicted molar refractivity (Wildman–Crippen MR) is 184 cm³/mol. The normalized spacial score (nSPS) is 19.2. The van der Waals surface area contributed by atoms with E-state index < -0.39 is 0 Å². The highest BCUT2D eigenvalue weighted by molar-refractivity contribution is 6.03. The first kappa shape index (κ1) is 34.3. The van der Waals surface area contributed by atoms with Crippen LogP contribution in [0.25, 0.3) is 6.08 Å². The number of rotatable bonds is 8. The van der Waals surface area contributed by atoms with Gasteiger partial charge in [-0.3, -0.25) is 9.59 Å². The number of ketones is 1. The Bertz CT molecular complexity index is 1480. The molecule has 3 aliphatic carbocycles. The zero-order valence-corrected chi connectivity index (χ0v) is 28.0. The Kier molecular flexibility index (Phi) is 12.3. The molecule has 3 aromatic rings. The second kappa shape index (κ2) is 16.1. The molecule has 240 valence electrons. The molecule has 6 nitrogen and oxygen atoms in total. The molecule has 0 saturated heterocycles. The molecule has 0 spiro atoms. The van der Waals surface area contributed by atoms with Crippen molar-refractivity contribution in [2.75, 3.05) is 55.4 Å². The smallest absolute Gasteiger partial charge is 0.222 e. The van der Waals surface area contributed by atoms with Crippen LogP contribution in [0.5, 0.6) is 0 Å². The largest absolute Gasteiger partial charge is 0.388 e. The average Bonchev–Trinajstić information content (AvgIpc) is 3.69. The summed E-state index contributed by atoms with van der Waals surface area (Å²) in [5.41, 5.74) is 8.81. The van der Waals surface area contributed by atoms with Crippen molar-refractivity contribution in [2.45, 2.75) is 44.6 Å². The Hall–Kier alpha value is -3.58. The number of nitrogens with zero attached hydrogens (tertiary/aromatic N) is 3. The summed E-state index contributed by atoms with van der Waals surface area (Å²) >= 11 is 0. The first-order valence-corrected chi connectivity index (χ1v) is 16.2. The molecule has 3 aliphatic rings. The molecule has 0 saturated carbocycles. The van der Waals surface area contributed by atoms with Crippen molar-refractivity contribution in [3.8, 4) is 0 Å². The van der Waals surface area contributed by atoms with Gasteiger partial charge in [0.05, 0.1) is 6.10 Å². The van der Waals surface area contributed by atoms with Gasteiger partial charge >= 0.3 is 0 Å². The van der Waals surface area contributed by atoms with Crippen molar-refractivity contribution in [1.82, 2.24) is 14.7 Å². The van der Waals surface area contributed by atoms with Crippen LogP contribution in [0.4, 0.5) is 0 Å². The highest BCUT2D eigenvalue weighted by Gasteiger charge is 2.32. The van der Waals surface area contributed by atoms with Gasteiger partial charge in [0.1, 0.15) is 0 Å². The Balaban J connectivity index is 0.000000154. The van der Waals surface area contributed by atoms with Crippen LogP contribution in [0.1, 0.15) is 63.5 Å². The first-order chi connectivity index (χ1) is 21.5. The summed E-state index contributed by atoms with van der Waals surface area (Å²) in [6.07, 6.45) is 7.58. The summed E-state index contributed by atoms with van der Waals surface area (Å²) in [5, 5.41) is 10.1. The molecule has 0 heterocycles. The maximum absolute atomic E-state index is 12.0. The van der Waals surface area contributed by atoms with Crippen LogP contribution in [0.2, 0.25) is 0 Å². The van der Waals surface area contributed by atoms with E-state index in [0.29, 0.717) is 18.8 Å². The molecule has 45 heavy (non-hydrogen) atoms. The zero-order valence-electron chi connectivity index (χ0n) is 28.0. The predicted octanol–water partition coefficient (Wildman–Crippen LogP) is 5.94. The topological polar surface area (TPSA) is 64.1 Å². The lowest BCUT2D eigenvalue weighted by Gasteiger charge is -2.17. The summed E-state index contributed by atoms with van der Waals surface area (Å²) in [5.74, 6) is 0.383. The molecule has 0 bridgehead atoms. The van der Waals surface area contributed by atoms with E-state index in [0.717, 1.165) is 49.0 Å². The number of amides is 1. The number of fused-ring (bicyclic) bond motifs is 3. The highest BCUT2D eigenvalue weighted by atomic mass is 16.3. The molecule has 3 unspecified atom stereocenters. The van der Waals surface area contributed by atoms with Crippen LogP contribution in [-0.4, -0.2) is 86.9 Å². The summed E-state index contributed by atoms with van der Waals surface area (Å²) < 4.78 is 0. The van der Waals surface area contributed by atoms with Gasteiger partial charge in [0.2, 0.25) is 5.91 Å². The molecule has 0 fully saturated rings. The van der Waals surface area contributed by atoms with E-state index in [2.05, 4.69) is 86.5 Å². The maximum atomic E-state index is 12.0. The van der Waals surface area contributed by atoms with Gasteiger partial charge < -0.3 is 19.8 Å². The van der Waals surface area contributed by atoms with E-state index in [-0.39, 0.29) is 23.7 Å². The number of aliphatic hydroxyl groups is 1. The molecule has 1 N–H and O–H groups in total. The minimum Gasteiger partial charge on any atom is -0.388 e. The fourth-order valence-corrected chi connectivity index (χ4v) is 6.29. The number of carbonyl (C=O) groups excluding carboxylic acids is 2. The second-order valence-corrected chi connectivity index (χ2v) is 13.3. The minimum absolute atomic E-state index is 0.0196. The molecule has 6 rings (SSSR count). The van der Waals surface area contributed by atoms with Crippen LogP contribution >= 0.6 is 0 Å². The van der Waals surface area contributed by atoms with Gasteiger partial charge in [-0.1, -0.05) is 84.4 Å². The van der Waals surface area contributed by atoms with Gasteiger partial charge in [-0.25, -0.2) is 0 Å². The van der Waals surface area contributed by atoms with Crippen molar-refractivity contribution in [3.05, 3.63) is 112 Å². The Labute approximate surface area is 270 Å². The van der Waals surface area contributed by atoms with E-state index in [1.54, 1.807) is 19.7 Å². The highest BCUT2D eigenvalue weighted by Crippen LogP contribution is 2.37. The summed E-state index contributed by atoms with van der Waals surface area (Å²) in [6, 6.07) is 24.5. The summed E-state index contributed by atoms with van der Waals surface area (Å²) in [4.78, 5) is 29.5. The number of benzene rings is 3. The Morgan fingerprint density at radius 3 is 2.02 bits per heavy atom. The van der Waals surface area contributed by atoms with Gasteiger partial charge in [-0.2, -0.15) is 0 Å². The quantitative estimate of drug-likeness (QED) is 0.343. The lowest BCUT2D eigenvalue weighted by Crippen LogP contribution is -2.26. The van der Waals surface area contributed by atoms with Crippen LogP contribution in [0.3, 0.4) is 0 Å². The fraction of sp³-hybridized carbons (Fsp3) is 0.436. The van der Waals surface area contributed by atoms with Gasteiger partial charge in [0, 0.05) is 38.5 Å². The number of hydrogen-bond acceptors (Lipinski definition) is 5. The molecule has 3 aromatic carbocycles. The van der Waals surface area contributed by atoms with Crippen LogP contribution < -0.4 is 0 Å². The molecule has 0 aliphatic heterocycles. The number of aliphatic hydroxyl groups excluding tert-OH is 1. The molecule has 0 aromatic heterocycles.